The summed E-state index contributed by atoms with van der Waals surface area (Å²) < 4.78 is 0. The minimum atomic E-state index is 0.0200. The van der Waals surface area contributed by atoms with Gasteiger partial charge < -0.3 is 20.4 Å². The quantitative estimate of drug-likeness (QED) is 0.592. The van der Waals surface area contributed by atoms with Crippen LogP contribution in [0.25, 0.3) is 0 Å². The molecule has 2 heterocycles. The Hall–Kier alpha value is -3.09. The molecule has 2 N–H and O–H groups in total. The maximum absolute atomic E-state index is 12.4. The highest BCUT2D eigenvalue weighted by Crippen LogP contribution is 2.21. The van der Waals surface area contributed by atoms with E-state index in [0.29, 0.717) is 25.5 Å². The molecular weight excluding hydrogens is 352 g/mol. The number of rotatable bonds is 6. The van der Waals surface area contributed by atoms with E-state index in [1.165, 1.54) is 0 Å². The fourth-order valence-electron chi connectivity index (χ4n) is 3.14. The predicted octanol–water partition coefficient (Wildman–Crippen LogP) is 2.01. The maximum Gasteiger partial charge on any atom is 0.229 e. The molecular formula is C21H28N6O. The average molecular weight is 380 g/mol. The third-order valence-corrected chi connectivity index (χ3v) is 4.53. The Bertz CT molecular complexity index is 821. The Morgan fingerprint density at radius 2 is 2.00 bits per heavy atom. The van der Waals surface area contributed by atoms with E-state index in [-0.39, 0.29) is 11.9 Å². The van der Waals surface area contributed by atoms with E-state index < -0.39 is 0 Å². The number of anilines is 2. The van der Waals surface area contributed by atoms with Crippen molar-refractivity contribution in [2.24, 2.45) is 4.99 Å². The summed E-state index contributed by atoms with van der Waals surface area (Å²) in [7, 11) is 3.94. The van der Waals surface area contributed by atoms with Crippen molar-refractivity contribution in [1.29, 1.82) is 0 Å². The van der Waals surface area contributed by atoms with Gasteiger partial charge in [-0.15, -0.1) is 0 Å². The molecule has 1 saturated heterocycles. The second-order valence-corrected chi connectivity index (χ2v) is 6.96. The zero-order valence-corrected chi connectivity index (χ0v) is 16.7. The number of guanidine groups is 1. The number of benzene rings is 1. The summed E-state index contributed by atoms with van der Waals surface area (Å²) in [6, 6.07) is 15.7. The molecule has 2 aromatic rings. The largest absolute Gasteiger partial charge is 0.363 e. The van der Waals surface area contributed by atoms with E-state index in [1.54, 1.807) is 0 Å². The van der Waals surface area contributed by atoms with Crippen LogP contribution < -0.4 is 20.4 Å². The first-order valence-corrected chi connectivity index (χ1v) is 9.60. The molecule has 0 spiro atoms. The number of pyridine rings is 1. The summed E-state index contributed by atoms with van der Waals surface area (Å²) >= 11 is 0. The number of para-hydroxylation sites is 1. The van der Waals surface area contributed by atoms with Crippen molar-refractivity contribution in [2.75, 3.05) is 37.0 Å². The van der Waals surface area contributed by atoms with Crippen molar-refractivity contribution in [3.63, 3.8) is 0 Å². The fraction of sp³-hybridized carbons (Fsp3) is 0.381. The molecule has 148 valence electrons. The summed E-state index contributed by atoms with van der Waals surface area (Å²) in [6.45, 7) is 3.87. The minimum Gasteiger partial charge on any atom is -0.363 e. The minimum absolute atomic E-state index is 0.0200. The van der Waals surface area contributed by atoms with E-state index in [4.69, 9.17) is 0 Å². The topological polar surface area (TPSA) is 72.9 Å². The average Bonchev–Trinajstić information content (AvgIpc) is 3.07. The molecule has 1 fully saturated rings. The molecule has 1 amide bonds. The zero-order valence-electron chi connectivity index (χ0n) is 16.7. The number of carbonyl (C=O) groups excluding carboxylic acids is 1. The highest BCUT2D eigenvalue weighted by Gasteiger charge is 2.31. The van der Waals surface area contributed by atoms with Gasteiger partial charge in [0.25, 0.3) is 0 Å². The molecule has 1 unspecified atom stereocenters. The van der Waals surface area contributed by atoms with Gasteiger partial charge >= 0.3 is 0 Å². The predicted molar refractivity (Wildman–Crippen MR) is 114 cm³/mol. The standard InChI is InChI=1S/C21H28N6O/c1-4-22-21(23-14-16-9-8-12-19(24-16)26(2)3)25-17-13-20(28)27(15-17)18-10-6-5-7-11-18/h5-12,17H,4,13-15H2,1-3H3,(H2,22,23,25). The van der Waals surface area contributed by atoms with Crippen molar-refractivity contribution >= 4 is 23.4 Å². The van der Waals surface area contributed by atoms with Crippen LogP contribution in [0.15, 0.2) is 53.5 Å². The maximum atomic E-state index is 12.4. The zero-order chi connectivity index (χ0) is 19.9. The number of aliphatic imine (C=N–C) groups is 1. The van der Waals surface area contributed by atoms with Gasteiger partial charge in [-0.25, -0.2) is 9.98 Å². The SMILES string of the molecule is CCNC(=NCc1cccc(N(C)C)n1)NC1CC(=O)N(c2ccccc2)C1. The number of carbonyl (C=O) groups is 1. The highest BCUT2D eigenvalue weighted by atomic mass is 16.2. The Kier molecular flexibility index (Phi) is 6.47. The number of hydrogen-bond acceptors (Lipinski definition) is 4. The van der Waals surface area contributed by atoms with Gasteiger partial charge in [-0.2, -0.15) is 0 Å². The van der Waals surface area contributed by atoms with Gasteiger partial charge in [-0.1, -0.05) is 24.3 Å². The Labute approximate surface area is 166 Å². The summed E-state index contributed by atoms with van der Waals surface area (Å²) in [6.07, 6.45) is 0.452. The van der Waals surface area contributed by atoms with Gasteiger partial charge in [-0.3, -0.25) is 4.79 Å². The van der Waals surface area contributed by atoms with Crippen LogP contribution in [0.4, 0.5) is 11.5 Å². The van der Waals surface area contributed by atoms with Crippen LogP contribution in [0, 0.1) is 0 Å². The second-order valence-electron chi connectivity index (χ2n) is 6.96. The van der Waals surface area contributed by atoms with E-state index in [9.17, 15) is 4.79 Å². The molecule has 3 rings (SSSR count). The highest BCUT2D eigenvalue weighted by molar-refractivity contribution is 5.97. The molecule has 1 aromatic heterocycles. The number of nitrogens with one attached hydrogen (secondary N) is 2. The van der Waals surface area contributed by atoms with Gasteiger partial charge in [0.1, 0.15) is 5.82 Å². The van der Waals surface area contributed by atoms with Crippen LogP contribution in [-0.4, -0.2) is 50.1 Å². The van der Waals surface area contributed by atoms with Crippen LogP contribution in [0.2, 0.25) is 0 Å². The Morgan fingerprint density at radius 3 is 2.71 bits per heavy atom. The molecule has 28 heavy (non-hydrogen) atoms. The molecule has 0 aliphatic carbocycles. The van der Waals surface area contributed by atoms with Gasteiger partial charge in [0.15, 0.2) is 5.96 Å². The lowest BCUT2D eigenvalue weighted by molar-refractivity contribution is -0.117. The Balaban J connectivity index is 1.65. The van der Waals surface area contributed by atoms with Crippen LogP contribution in [0.1, 0.15) is 19.0 Å². The van der Waals surface area contributed by atoms with E-state index in [1.807, 2.05) is 79.3 Å². The van der Waals surface area contributed by atoms with E-state index in [2.05, 4.69) is 20.6 Å². The number of aromatic nitrogens is 1. The molecule has 1 atom stereocenters. The molecule has 1 aliphatic heterocycles. The lowest BCUT2D eigenvalue weighted by Gasteiger charge is -2.19. The normalized spacial score (nSPS) is 17.0. The van der Waals surface area contributed by atoms with Crippen molar-refractivity contribution < 1.29 is 4.79 Å². The van der Waals surface area contributed by atoms with Crippen LogP contribution >= 0.6 is 0 Å². The lowest BCUT2D eigenvalue weighted by Crippen LogP contribution is -2.44. The first kappa shape index (κ1) is 19.7. The van der Waals surface area contributed by atoms with Gasteiger partial charge in [0, 0.05) is 39.3 Å². The summed E-state index contributed by atoms with van der Waals surface area (Å²) in [4.78, 5) is 25.5. The first-order valence-electron chi connectivity index (χ1n) is 9.60. The monoisotopic (exact) mass is 380 g/mol. The van der Waals surface area contributed by atoms with Crippen LogP contribution in [0.3, 0.4) is 0 Å². The first-order chi connectivity index (χ1) is 13.6. The molecule has 0 radical (unpaired) electrons. The summed E-state index contributed by atoms with van der Waals surface area (Å²) in [5, 5.41) is 6.65. The van der Waals surface area contributed by atoms with Crippen LogP contribution in [0.5, 0.6) is 0 Å². The summed E-state index contributed by atoms with van der Waals surface area (Å²) in [5.74, 6) is 1.73. The molecule has 1 aromatic carbocycles. The van der Waals surface area contributed by atoms with Gasteiger partial charge in [0.05, 0.1) is 18.3 Å². The summed E-state index contributed by atoms with van der Waals surface area (Å²) in [5.41, 5.74) is 1.83. The third-order valence-electron chi connectivity index (χ3n) is 4.53. The fourth-order valence-corrected chi connectivity index (χ4v) is 3.14. The lowest BCUT2D eigenvalue weighted by atomic mass is 10.2. The van der Waals surface area contributed by atoms with Gasteiger partial charge in [-0.05, 0) is 31.2 Å². The third kappa shape index (κ3) is 5.00. The van der Waals surface area contributed by atoms with Crippen LogP contribution in [-0.2, 0) is 11.3 Å². The van der Waals surface area contributed by atoms with E-state index in [0.717, 1.165) is 23.7 Å². The van der Waals surface area contributed by atoms with E-state index >= 15 is 0 Å². The number of hydrogen-bond donors (Lipinski definition) is 2. The van der Waals surface area contributed by atoms with Crippen molar-refractivity contribution in [3.8, 4) is 0 Å². The number of nitrogens with zero attached hydrogens (tertiary/aromatic N) is 4. The molecule has 7 heteroatoms. The second kappa shape index (κ2) is 9.21. The van der Waals surface area contributed by atoms with Crippen molar-refractivity contribution in [3.05, 3.63) is 54.2 Å². The smallest absolute Gasteiger partial charge is 0.229 e. The molecule has 0 saturated carbocycles. The van der Waals surface area contributed by atoms with Crippen molar-refractivity contribution in [1.82, 2.24) is 15.6 Å². The van der Waals surface area contributed by atoms with Crippen molar-refractivity contribution in [2.45, 2.75) is 25.9 Å². The molecule has 0 bridgehead atoms. The molecule has 1 aliphatic rings. The Morgan fingerprint density at radius 1 is 1.21 bits per heavy atom. The number of amides is 1. The molecule has 7 nitrogen and oxygen atoms in total. The van der Waals surface area contributed by atoms with Gasteiger partial charge in [0.2, 0.25) is 5.91 Å².